The van der Waals surface area contributed by atoms with Crippen LogP contribution in [0, 0.1) is 11.8 Å². The molecule has 1 aromatic heterocycles. The molecule has 4 nitrogen and oxygen atoms in total. The minimum Gasteiger partial charge on any atom is -0.481 e. The van der Waals surface area contributed by atoms with E-state index in [-0.39, 0.29) is 0 Å². The third kappa shape index (κ3) is 6.05. The quantitative estimate of drug-likeness (QED) is 0.790. The van der Waals surface area contributed by atoms with Gasteiger partial charge in [-0.3, -0.25) is 9.69 Å². The molecule has 1 fully saturated rings. The van der Waals surface area contributed by atoms with E-state index in [0.29, 0.717) is 12.3 Å². The molecule has 0 aliphatic carbocycles. The third-order valence-corrected chi connectivity index (χ3v) is 5.25. The van der Waals surface area contributed by atoms with Gasteiger partial charge in [0.2, 0.25) is 0 Å². The van der Waals surface area contributed by atoms with Gasteiger partial charge in [-0.15, -0.1) is 11.3 Å². The average Bonchev–Trinajstić information content (AvgIpc) is 2.91. The molecular formula is C17H28N2O2S. The molecule has 2 rings (SSSR count). The highest BCUT2D eigenvalue weighted by Gasteiger charge is 2.21. The van der Waals surface area contributed by atoms with Crippen molar-refractivity contribution in [1.82, 2.24) is 9.88 Å². The third-order valence-electron chi connectivity index (χ3n) is 4.29. The van der Waals surface area contributed by atoms with E-state index in [1.807, 2.05) is 0 Å². The van der Waals surface area contributed by atoms with Gasteiger partial charge in [-0.2, -0.15) is 0 Å². The lowest BCUT2D eigenvalue weighted by Gasteiger charge is -2.32. The summed E-state index contributed by atoms with van der Waals surface area (Å²) in [7, 11) is 0. The standard InChI is InChI=1S/C17H28N2O2S/c1-13(2)5-7-16-18-15(12-22-16)11-19-9-3-4-14(10-19)6-8-17(20)21/h12-14H,3-11H2,1-2H3,(H,20,21). The first-order valence-corrected chi connectivity index (χ1v) is 9.28. The number of thiazole rings is 1. The van der Waals surface area contributed by atoms with E-state index >= 15 is 0 Å². The van der Waals surface area contributed by atoms with E-state index in [2.05, 4.69) is 24.1 Å². The number of rotatable bonds is 8. The van der Waals surface area contributed by atoms with Crippen LogP contribution in [0.5, 0.6) is 0 Å². The molecule has 0 saturated carbocycles. The second-order valence-corrected chi connectivity index (χ2v) is 7.78. The molecule has 0 spiro atoms. The average molecular weight is 324 g/mol. The maximum absolute atomic E-state index is 10.7. The highest BCUT2D eigenvalue weighted by atomic mass is 32.1. The topological polar surface area (TPSA) is 53.4 Å². The Balaban J connectivity index is 1.78. The Hall–Kier alpha value is -0.940. The first-order valence-electron chi connectivity index (χ1n) is 8.40. The summed E-state index contributed by atoms with van der Waals surface area (Å²) in [6.07, 6.45) is 5.74. The molecule has 1 atom stereocenters. The maximum Gasteiger partial charge on any atom is 0.303 e. The van der Waals surface area contributed by atoms with Crippen LogP contribution in [0.4, 0.5) is 0 Å². The van der Waals surface area contributed by atoms with Crippen LogP contribution in [-0.2, 0) is 17.8 Å². The first kappa shape index (κ1) is 17.4. The van der Waals surface area contributed by atoms with Gasteiger partial charge in [0.05, 0.1) is 10.7 Å². The zero-order chi connectivity index (χ0) is 15.9. The Bertz CT molecular complexity index is 473. The van der Waals surface area contributed by atoms with Crippen LogP contribution >= 0.6 is 11.3 Å². The van der Waals surface area contributed by atoms with Gasteiger partial charge >= 0.3 is 5.97 Å². The summed E-state index contributed by atoms with van der Waals surface area (Å²) in [5.74, 6) is 0.583. The molecule has 5 heteroatoms. The molecular weight excluding hydrogens is 296 g/mol. The summed E-state index contributed by atoms with van der Waals surface area (Å²) in [5.41, 5.74) is 1.18. The van der Waals surface area contributed by atoms with Crippen molar-refractivity contribution in [3.05, 3.63) is 16.1 Å². The van der Waals surface area contributed by atoms with Crippen LogP contribution in [0.2, 0.25) is 0 Å². The number of hydrogen-bond acceptors (Lipinski definition) is 4. The SMILES string of the molecule is CC(C)CCc1nc(CN2CCCC(CCC(=O)O)C2)cs1. The lowest BCUT2D eigenvalue weighted by atomic mass is 9.93. The fraction of sp³-hybridized carbons (Fsp3) is 0.765. The van der Waals surface area contributed by atoms with Crippen LogP contribution in [0.1, 0.15) is 56.7 Å². The molecule has 1 unspecified atom stereocenters. The van der Waals surface area contributed by atoms with Gasteiger partial charge in [-0.25, -0.2) is 4.98 Å². The van der Waals surface area contributed by atoms with E-state index in [0.717, 1.165) is 38.4 Å². The van der Waals surface area contributed by atoms with Gasteiger partial charge < -0.3 is 5.11 Å². The predicted molar refractivity (Wildman–Crippen MR) is 90.1 cm³/mol. The van der Waals surface area contributed by atoms with E-state index in [4.69, 9.17) is 10.1 Å². The zero-order valence-corrected chi connectivity index (χ0v) is 14.6. The number of aliphatic carboxylic acids is 1. The normalized spacial score (nSPS) is 19.7. The summed E-state index contributed by atoms with van der Waals surface area (Å²) in [6, 6.07) is 0. The highest BCUT2D eigenvalue weighted by Crippen LogP contribution is 2.23. The van der Waals surface area contributed by atoms with Crippen LogP contribution in [0.25, 0.3) is 0 Å². The van der Waals surface area contributed by atoms with Gasteiger partial charge in [0.25, 0.3) is 0 Å². The lowest BCUT2D eigenvalue weighted by molar-refractivity contribution is -0.137. The van der Waals surface area contributed by atoms with E-state index in [1.165, 1.54) is 30.0 Å². The number of hydrogen-bond donors (Lipinski definition) is 1. The molecule has 2 heterocycles. The van der Waals surface area contributed by atoms with Crippen molar-refractivity contribution in [2.24, 2.45) is 11.8 Å². The van der Waals surface area contributed by atoms with Gasteiger partial charge in [-0.05, 0) is 50.5 Å². The molecule has 0 bridgehead atoms. The summed E-state index contributed by atoms with van der Waals surface area (Å²) in [4.78, 5) is 17.9. The Kier molecular flexibility index (Phi) is 6.83. The largest absolute Gasteiger partial charge is 0.481 e. The van der Waals surface area contributed by atoms with Crippen molar-refractivity contribution in [2.75, 3.05) is 13.1 Å². The highest BCUT2D eigenvalue weighted by molar-refractivity contribution is 7.09. The van der Waals surface area contributed by atoms with Crippen molar-refractivity contribution in [3.8, 4) is 0 Å². The Morgan fingerprint density at radius 2 is 2.36 bits per heavy atom. The minimum atomic E-state index is -0.675. The second-order valence-electron chi connectivity index (χ2n) is 6.84. The molecule has 0 amide bonds. The molecule has 0 radical (unpaired) electrons. The molecule has 22 heavy (non-hydrogen) atoms. The predicted octanol–water partition coefficient (Wildman–Crippen LogP) is 3.81. The molecule has 1 N–H and O–H groups in total. The molecule has 124 valence electrons. The second kappa shape index (κ2) is 8.63. The van der Waals surface area contributed by atoms with Crippen molar-refractivity contribution in [2.45, 2.75) is 58.9 Å². The lowest BCUT2D eigenvalue weighted by Crippen LogP contribution is -2.35. The van der Waals surface area contributed by atoms with Crippen LogP contribution < -0.4 is 0 Å². The summed E-state index contributed by atoms with van der Waals surface area (Å²) in [5, 5.41) is 12.3. The number of aryl methyl sites for hydroxylation is 1. The minimum absolute atomic E-state index is 0.300. The van der Waals surface area contributed by atoms with E-state index in [9.17, 15) is 4.79 Å². The Morgan fingerprint density at radius 1 is 1.55 bits per heavy atom. The number of aromatic nitrogens is 1. The number of piperidine rings is 1. The molecule has 1 aliphatic heterocycles. The van der Waals surface area contributed by atoms with Crippen molar-refractivity contribution >= 4 is 17.3 Å². The van der Waals surface area contributed by atoms with Crippen molar-refractivity contribution < 1.29 is 9.90 Å². The molecule has 1 aliphatic rings. The number of carbonyl (C=O) groups is 1. The molecule has 0 aromatic carbocycles. The summed E-state index contributed by atoms with van der Waals surface area (Å²) < 4.78 is 0. The number of carboxylic acid groups (broad SMARTS) is 1. The van der Waals surface area contributed by atoms with Gasteiger partial charge in [0, 0.05) is 24.9 Å². The maximum atomic E-state index is 10.7. The van der Waals surface area contributed by atoms with Gasteiger partial charge in [0.15, 0.2) is 0 Å². The number of carboxylic acids is 1. The van der Waals surface area contributed by atoms with Gasteiger partial charge in [-0.1, -0.05) is 13.8 Å². The van der Waals surface area contributed by atoms with Crippen LogP contribution in [0.15, 0.2) is 5.38 Å². The number of likely N-dealkylation sites (tertiary alicyclic amines) is 1. The van der Waals surface area contributed by atoms with Crippen LogP contribution in [0.3, 0.4) is 0 Å². The van der Waals surface area contributed by atoms with Crippen molar-refractivity contribution in [1.29, 1.82) is 0 Å². The number of nitrogens with zero attached hydrogens (tertiary/aromatic N) is 2. The van der Waals surface area contributed by atoms with Crippen molar-refractivity contribution in [3.63, 3.8) is 0 Å². The van der Waals surface area contributed by atoms with Gasteiger partial charge in [0.1, 0.15) is 0 Å². The Morgan fingerprint density at radius 3 is 3.09 bits per heavy atom. The summed E-state index contributed by atoms with van der Waals surface area (Å²) >= 11 is 1.78. The monoisotopic (exact) mass is 324 g/mol. The fourth-order valence-corrected chi connectivity index (χ4v) is 3.84. The van der Waals surface area contributed by atoms with E-state index in [1.54, 1.807) is 11.3 Å². The zero-order valence-electron chi connectivity index (χ0n) is 13.8. The Labute approximate surface area is 137 Å². The van der Waals surface area contributed by atoms with E-state index < -0.39 is 5.97 Å². The summed E-state index contributed by atoms with van der Waals surface area (Å²) in [6.45, 7) is 7.55. The van der Waals surface area contributed by atoms with Crippen LogP contribution in [-0.4, -0.2) is 34.0 Å². The smallest absolute Gasteiger partial charge is 0.303 e. The molecule has 1 saturated heterocycles. The molecule has 1 aromatic rings. The fourth-order valence-electron chi connectivity index (χ4n) is 3.04. The first-order chi connectivity index (χ1) is 10.5.